The van der Waals surface area contributed by atoms with Crippen LogP contribution in [0.2, 0.25) is 5.02 Å². The Balaban J connectivity index is 1.66. The fraction of sp³-hybridized carbons (Fsp3) is 0.500. The van der Waals surface area contributed by atoms with Crippen LogP contribution < -0.4 is 0 Å². The van der Waals surface area contributed by atoms with Gasteiger partial charge in [0.25, 0.3) is 0 Å². The summed E-state index contributed by atoms with van der Waals surface area (Å²) in [5.41, 5.74) is 0.962. The third kappa shape index (κ3) is 3.10. The van der Waals surface area contributed by atoms with Crippen molar-refractivity contribution in [1.29, 1.82) is 0 Å². The summed E-state index contributed by atoms with van der Waals surface area (Å²) in [6.45, 7) is 5.88. The van der Waals surface area contributed by atoms with Gasteiger partial charge in [-0.3, -0.25) is 9.48 Å². The normalized spacial score (nSPS) is 22.2. The molecule has 0 N–H and O–H groups in total. The molecular formula is C16H20ClN3O2. The van der Waals surface area contributed by atoms with Gasteiger partial charge in [-0.1, -0.05) is 17.7 Å². The lowest BCUT2D eigenvalue weighted by molar-refractivity contribution is -0.143. The lowest BCUT2D eigenvalue weighted by atomic mass is 10.2. The highest BCUT2D eigenvalue weighted by Crippen LogP contribution is 2.23. The molecule has 2 atom stereocenters. The highest BCUT2D eigenvalue weighted by Gasteiger charge is 2.25. The quantitative estimate of drug-likeness (QED) is 0.873. The number of fused-ring (bicyclic) bond motifs is 1. The van der Waals surface area contributed by atoms with Gasteiger partial charge in [0.05, 0.1) is 35.5 Å². The van der Waals surface area contributed by atoms with Crippen molar-refractivity contribution in [2.24, 2.45) is 0 Å². The van der Waals surface area contributed by atoms with E-state index in [9.17, 15) is 4.79 Å². The van der Waals surface area contributed by atoms with E-state index in [1.165, 1.54) is 0 Å². The Morgan fingerprint density at radius 3 is 2.82 bits per heavy atom. The van der Waals surface area contributed by atoms with E-state index in [1.54, 1.807) is 6.20 Å². The van der Waals surface area contributed by atoms with Crippen molar-refractivity contribution in [2.45, 2.75) is 39.0 Å². The average molecular weight is 322 g/mol. The standard InChI is InChI=1S/C16H20ClN3O2/c1-11-9-19(10-12(2)22-11)16(21)6-7-20-15-5-3-4-14(17)13(15)8-18-20/h3-5,8,11-12H,6-7,9-10H2,1-2H3/t11-,12-/m1/s1. The van der Waals surface area contributed by atoms with Gasteiger partial charge in [0.15, 0.2) is 0 Å². The van der Waals surface area contributed by atoms with Gasteiger partial charge >= 0.3 is 0 Å². The number of carbonyl (C=O) groups excluding carboxylic acids is 1. The summed E-state index contributed by atoms with van der Waals surface area (Å²) in [6.07, 6.45) is 2.37. The molecule has 0 spiro atoms. The van der Waals surface area contributed by atoms with Gasteiger partial charge in [0, 0.05) is 24.9 Å². The summed E-state index contributed by atoms with van der Waals surface area (Å²) in [7, 11) is 0. The second-order valence-corrected chi connectivity index (χ2v) is 6.25. The van der Waals surface area contributed by atoms with Crippen molar-refractivity contribution in [3.05, 3.63) is 29.4 Å². The number of amides is 1. The molecule has 1 aliphatic heterocycles. The van der Waals surface area contributed by atoms with Crippen LogP contribution in [0.15, 0.2) is 24.4 Å². The van der Waals surface area contributed by atoms with E-state index in [2.05, 4.69) is 5.10 Å². The molecule has 1 fully saturated rings. The predicted octanol–water partition coefficient (Wildman–Crippen LogP) is 2.72. The molecule has 3 rings (SSSR count). The fourth-order valence-electron chi connectivity index (χ4n) is 2.99. The monoisotopic (exact) mass is 321 g/mol. The van der Waals surface area contributed by atoms with Crippen LogP contribution in [0.1, 0.15) is 20.3 Å². The number of benzene rings is 1. The number of aryl methyl sites for hydroxylation is 1. The number of carbonyl (C=O) groups is 1. The second kappa shape index (κ2) is 6.26. The van der Waals surface area contributed by atoms with Crippen LogP contribution >= 0.6 is 11.6 Å². The van der Waals surface area contributed by atoms with Crippen molar-refractivity contribution in [3.63, 3.8) is 0 Å². The van der Waals surface area contributed by atoms with Crippen LogP contribution in [-0.4, -0.2) is 45.9 Å². The number of halogens is 1. The minimum absolute atomic E-state index is 0.0945. The number of hydrogen-bond acceptors (Lipinski definition) is 3. The molecule has 22 heavy (non-hydrogen) atoms. The second-order valence-electron chi connectivity index (χ2n) is 5.85. The molecule has 1 aromatic heterocycles. The first-order valence-electron chi connectivity index (χ1n) is 7.58. The van der Waals surface area contributed by atoms with E-state index in [4.69, 9.17) is 16.3 Å². The van der Waals surface area contributed by atoms with Crippen LogP contribution in [-0.2, 0) is 16.1 Å². The minimum Gasteiger partial charge on any atom is -0.372 e. The van der Waals surface area contributed by atoms with Gasteiger partial charge in [0.1, 0.15) is 0 Å². The third-order valence-electron chi connectivity index (χ3n) is 3.94. The number of rotatable bonds is 3. The summed E-state index contributed by atoms with van der Waals surface area (Å²) in [6, 6.07) is 5.71. The first-order chi connectivity index (χ1) is 10.5. The lowest BCUT2D eigenvalue weighted by Crippen LogP contribution is -2.48. The van der Waals surface area contributed by atoms with Crippen molar-refractivity contribution in [3.8, 4) is 0 Å². The Kier molecular flexibility index (Phi) is 4.36. The van der Waals surface area contributed by atoms with Crippen molar-refractivity contribution < 1.29 is 9.53 Å². The summed E-state index contributed by atoms with van der Waals surface area (Å²) in [5.74, 6) is 0.146. The Morgan fingerprint density at radius 2 is 2.09 bits per heavy atom. The molecule has 6 heteroatoms. The van der Waals surface area contributed by atoms with Gasteiger partial charge in [-0.15, -0.1) is 0 Å². The molecule has 0 bridgehead atoms. The summed E-state index contributed by atoms with van der Waals surface area (Å²) in [5, 5.41) is 5.95. The minimum atomic E-state index is 0.0945. The summed E-state index contributed by atoms with van der Waals surface area (Å²) >= 11 is 6.14. The molecule has 0 radical (unpaired) electrons. The van der Waals surface area contributed by atoms with Crippen molar-refractivity contribution in [2.75, 3.05) is 13.1 Å². The third-order valence-corrected chi connectivity index (χ3v) is 4.27. The highest BCUT2D eigenvalue weighted by atomic mass is 35.5. The number of nitrogens with zero attached hydrogens (tertiary/aromatic N) is 3. The van der Waals surface area contributed by atoms with Crippen LogP contribution in [0.5, 0.6) is 0 Å². The van der Waals surface area contributed by atoms with Crippen molar-refractivity contribution in [1.82, 2.24) is 14.7 Å². The van der Waals surface area contributed by atoms with E-state index in [0.29, 0.717) is 31.1 Å². The van der Waals surface area contributed by atoms with Crippen LogP contribution in [0.4, 0.5) is 0 Å². The zero-order valence-electron chi connectivity index (χ0n) is 12.8. The van der Waals surface area contributed by atoms with E-state index < -0.39 is 0 Å². The molecule has 5 nitrogen and oxygen atoms in total. The van der Waals surface area contributed by atoms with Gasteiger partial charge in [-0.05, 0) is 26.0 Å². The van der Waals surface area contributed by atoms with Gasteiger partial charge in [0.2, 0.25) is 5.91 Å². The molecule has 1 saturated heterocycles. The first-order valence-corrected chi connectivity index (χ1v) is 7.95. The van der Waals surface area contributed by atoms with Gasteiger partial charge in [-0.25, -0.2) is 0 Å². The molecule has 118 valence electrons. The SMILES string of the molecule is C[C@@H]1CN(C(=O)CCn2ncc3c(Cl)cccc32)C[C@@H](C)O1. The summed E-state index contributed by atoms with van der Waals surface area (Å²) in [4.78, 5) is 14.3. The topological polar surface area (TPSA) is 47.4 Å². The zero-order valence-corrected chi connectivity index (χ0v) is 13.6. The van der Waals surface area contributed by atoms with E-state index in [0.717, 1.165) is 10.9 Å². The zero-order chi connectivity index (χ0) is 15.7. The molecule has 2 heterocycles. The molecular weight excluding hydrogens is 302 g/mol. The number of morpholine rings is 1. The number of ether oxygens (including phenoxy) is 1. The fourth-order valence-corrected chi connectivity index (χ4v) is 3.21. The first kappa shape index (κ1) is 15.3. The van der Waals surface area contributed by atoms with E-state index in [1.807, 2.05) is 41.6 Å². The molecule has 0 saturated carbocycles. The van der Waals surface area contributed by atoms with Crippen LogP contribution in [0, 0.1) is 0 Å². The highest BCUT2D eigenvalue weighted by molar-refractivity contribution is 6.35. The van der Waals surface area contributed by atoms with E-state index >= 15 is 0 Å². The Labute approximate surface area is 134 Å². The molecule has 1 aliphatic rings. The average Bonchev–Trinajstić information content (AvgIpc) is 2.88. The maximum Gasteiger partial charge on any atom is 0.224 e. The largest absolute Gasteiger partial charge is 0.372 e. The smallest absolute Gasteiger partial charge is 0.224 e. The van der Waals surface area contributed by atoms with E-state index in [-0.39, 0.29) is 18.1 Å². The maximum absolute atomic E-state index is 12.4. The summed E-state index contributed by atoms with van der Waals surface area (Å²) < 4.78 is 7.50. The molecule has 0 unspecified atom stereocenters. The van der Waals surface area contributed by atoms with Gasteiger partial charge < -0.3 is 9.64 Å². The molecule has 2 aromatic rings. The predicted molar refractivity (Wildman–Crippen MR) is 85.9 cm³/mol. The van der Waals surface area contributed by atoms with Gasteiger partial charge in [-0.2, -0.15) is 5.10 Å². The maximum atomic E-state index is 12.4. The number of hydrogen-bond donors (Lipinski definition) is 0. The molecule has 1 aromatic carbocycles. The van der Waals surface area contributed by atoms with Crippen LogP contribution in [0.25, 0.3) is 10.9 Å². The Bertz CT molecular complexity index is 675. The molecule has 1 amide bonds. The molecule has 0 aliphatic carbocycles. The Morgan fingerprint density at radius 1 is 1.36 bits per heavy atom. The van der Waals surface area contributed by atoms with Crippen LogP contribution in [0.3, 0.4) is 0 Å². The van der Waals surface area contributed by atoms with Crippen molar-refractivity contribution >= 4 is 28.4 Å². The Hall–Kier alpha value is -1.59. The number of aromatic nitrogens is 2. The lowest BCUT2D eigenvalue weighted by Gasteiger charge is -2.35.